The number of hydrogen-bond acceptors (Lipinski definition) is 0. The van der Waals surface area contributed by atoms with Gasteiger partial charge in [0.1, 0.15) is 0 Å². The van der Waals surface area contributed by atoms with Crippen molar-refractivity contribution in [2.75, 3.05) is 0 Å². The second-order valence-corrected chi connectivity index (χ2v) is 22.4. The molecule has 0 aliphatic carbocycles. The lowest BCUT2D eigenvalue weighted by Crippen LogP contribution is -2.31. The summed E-state index contributed by atoms with van der Waals surface area (Å²) >= 11 is 18.5. The maximum Gasteiger partial charge on any atom is 0.341 e. The van der Waals surface area contributed by atoms with Crippen LogP contribution in [0.4, 0.5) is 0 Å². The van der Waals surface area contributed by atoms with Crippen molar-refractivity contribution in [2.24, 2.45) is 0 Å². The second kappa shape index (κ2) is 15.4. The van der Waals surface area contributed by atoms with Crippen molar-refractivity contribution in [3.05, 3.63) is 0 Å². The molecule has 0 spiro atoms. The third kappa shape index (κ3) is 16.8. The fourth-order valence-corrected chi connectivity index (χ4v) is 12.5. The molecule has 0 fully saturated rings. The second-order valence-electron chi connectivity index (χ2n) is 7.96. The topological polar surface area (TPSA) is 0 Å². The fraction of sp³-hybridized carbons (Fsp3) is 1.00. The van der Waals surface area contributed by atoms with Crippen LogP contribution < -0.4 is 0 Å². The summed E-state index contributed by atoms with van der Waals surface area (Å²) in [6.45, 7) is 7.14. The fourth-order valence-electron chi connectivity index (χ4n) is 3.48. The molecular weight excluding hydrogens is 391 g/mol. The molecule has 0 atom stereocenters. The molecule has 0 aliphatic rings. The maximum atomic E-state index is 6.17. The van der Waals surface area contributed by atoms with Crippen LogP contribution in [0.2, 0.25) is 30.7 Å². The minimum absolute atomic E-state index is 0.881. The van der Waals surface area contributed by atoms with Crippen LogP contribution in [0.1, 0.15) is 90.9 Å². The Labute approximate surface area is 168 Å². The van der Waals surface area contributed by atoms with Crippen molar-refractivity contribution >= 4 is 47.3 Å². The molecule has 0 radical (unpaired) electrons. The molecule has 0 bridgehead atoms. The number of hydrogen-bond donors (Lipinski definition) is 0. The van der Waals surface area contributed by atoms with Gasteiger partial charge in [0.05, 0.1) is 8.07 Å². The first-order valence-corrected chi connectivity index (χ1v) is 18.8. The highest BCUT2D eigenvalue weighted by Gasteiger charge is 2.32. The SMILES string of the molecule is CCCCCCCC[Si](C)(CCCCCCCC)CC[Si](Cl)(Cl)Cl. The van der Waals surface area contributed by atoms with Gasteiger partial charge in [0.15, 0.2) is 0 Å². The van der Waals surface area contributed by atoms with Gasteiger partial charge in [0, 0.05) is 0 Å². The Balaban J connectivity index is 4.12. The predicted octanol–water partition coefficient (Wildman–Crippen LogP) is 9.44. The molecule has 0 saturated heterocycles. The Hall–Kier alpha value is 1.30. The largest absolute Gasteiger partial charge is 0.341 e. The van der Waals surface area contributed by atoms with E-state index in [0.717, 1.165) is 6.04 Å². The highest BCUT2D eigenvalue weighted by Crippen LogP contribution is 2.35. The van der Waals surface area contributed by atoms with E-state index < -0.39 is 14.1 Å². The van der Waals surface area contributed by atoms with Crippen molar-refractivity contribution in [1.29, 1.82) is 0 Å². The third-order valence-corrected chi connectivity index (χ3v) is 12.9. The molecule has 0 aromatic carbocycles. The van der Waals surface area contributed by atoms with Crippen LogP contribution in [0.25, 0.3) is 0 Å². The molecule has 0 amide bonds. The van der Waals surface area contributed by atoms with Crippen molar-refractivity contribution in [2.45, 2.75) is 122 Å². The van der Waals surface area contributed by atoms with Crippen LogP contribution in [-0.2, 0) is 0 Å². The van der Waals surface area contributed by atoms with Gasteiger partial charge in [0.25, 0.3) is 0 Å². The molecule has 0 aromatic heterocycles. The Morgan fingerprint density at radius 1 is 0.500 bits per heavy atom. The number of halogens is 3. The summed E-state index contributed by atoms with van der Waals surface area (Å²) in [4.78, 5) is 0. The normalized spacial score (nSPS) is 12.8. The number of rotatable bonds is 17. The van der Waals surface area contributed by atoms with Gasteiger partial charge in [0.2, 0.25) is 0 Å². The van der Waals surface area contributed by atoms with Gasteiger partial charge in [-0.15, -0.1) is 33.2 Å². The Morgan fingerprint density at radius 2 is 0.875 bits per heavy atom. The molecule has 0 aliphatic heterocycles. The monoisotopic (exact) mass is 430 g/mol. The zero-order valence-electron chi connectivity index (χ0n) is 16.4. The zero-order chi connectivity index (χ0) is 18.3. The van der Waals surface area contributed by atoms with Crippen LogP contribution in [0.15, 0.2) is 0 Å². The van der Waals surface area contributed by atoms with E-state index in [9.17, 15) is 0 Å². The maximum absolute atomic E-state index is 6.17. The predicted molar refractivity (Wildman–Crippen MR) is 121 cm³/mol. The summed E-state index contributed by atoms with van der Waals surface area (Å²) in [7, 11) is -1.21. The minimum Gasteiger partial charge on any atom is -0.126 e. The zero-order valence-corrected chi connectivity index (χ0v) is 20.7. The molecule has 146 valence electrons. The molecule has 0 unspecified atom stereocenters. The molecule has 0 N–H and O–H groups in total. The van der Waals surface area contributed by atoms with E-state index in [4.69, 9.17) is 33.2 Å². The van der Waals surface area contributed by atoms with E-state index in [1.165, 1.54) is 95.2 Å². The van der Waals surface area contributed by atoms with Gasteiger partial charge in [-0.2, -0.15) is 0 Å². The van der Waals surface area contributed by atoms with Crippen molar-refractivity contribution in [1.82, 2.24) is 0 Å². The lowest BCUT2D eigenvalue weighted by Gasteiger charge is -2.29. The van der Waals surface area contributed by atoms with Crippen LogP contribution >= 0.6 is 33.2 Å². The van der Waals surface area contributed by atoms with Crippen LogP contribution in [-0.4, -0.2) is 14.1 Å². The van der Waals surface area contributed by atoms with Gasteiger partial charge >= 0.3 is 6.00 Å². The van der Waals surface area contributed by atoms with Gasteiger partial charge < -0.3 is 0 Å². The number of unbranched alkanes of at least 4 members (excludes halogenated alkanes) is 10. The highest BCUT2D eigenvalue weighted by molar-refractivity contribution is 7.64. The van der Waals surface area contributed by atoms with Crippen molar-refractivity contribution in [3.8, 4) is 0 Å². The van der Waals surface area contributed by atoms with Crippen molar-refractivity contribution in [3.63, 3.8) is 0 Å². The summed E-state index contributed by atoms with van der Waals surface area (Å²) < 4.78 is 0. The smallest absolute Gasteiger partial charge is 0.126 e. The molecule has 0 aromatic rings. The van der Waals surface area contributed by atoms with Gasteiger partial charge in [-0.05, 0) is 6.04 Å². The van der Waals surface area contributed by atoms with E-state index in [2.05, 4.69) is 20.4 Å². The van der Waals surface area contributed by atoms with Gasteiger partial charge in [-0.3, -0.25) is 0 Å². The summed E-state index contributed by atoms with van der Waals surface area (Å²) in [5.41, 5.74) is 0. The van der Waals surface area contributed by atoms with E-state index in [-0.39, 0.29) is 0 Å². The van der Waals surface area contributed by atoms with Crippen LogP contribution in [0.5, 0.6) is 0 Å². The lowest BCUT2D eigenvalue weighted by atomic mass is 10.1. The average molecular weight is 432 g/mol. The first kappa shape index (κ1) is 25.3. The van der Waals surface area contributed by atoms with Gasteiger partial charge in [-0.1, -0.05) is 116 Å². The average Bonchev–Trinajstić information content (AvgIpc) is 2.52. The summed E-state index contributed by atoms with van der Waals surface area (Å²) in [6.07, 6.45) is 16.7. The Bertz CT molecular complexity index is 264. The summed E-state index contributed by atoms with van der Waals surface area (Å²) in [5.74, 6) is 0. The highest BCUT2D eigenvalue weighted by atomic mass is 35.8. The molecule has 0 nitrogen and oxygen atoms in total. The molecule has 0 saturated carbocycles. The molecule has 0 heterocycles. The standard InChI is InChI=1S/C19H41Cl3Si2/c1-4-6-8-10-12-14-16-23(3,18-19-24(20,21)22)17-15-13-11-9-7-5-2/h4-19H2,1-3H3. The Morgan fingerprint density at radius 3 is 1.25 bits per heavy atom. The summed E-state index contributed by atoms with van der Waals surface area (Å²) in [6, 6.07) is 2.57. The third-order valence-electron chi connectivity index (χ3n) is 5.28. The van der Waals surface area contributed by atoms with E-state index in [1.54, 1.807) is 0 Å². The molecular formula is C19H41Cl3Si2. The molecule has 0 rings (SSSR count). The molecule has 24 heavy (non-hydrogen) atoms. The Kier molecular flexibility index (Phi) is 16.2. The summed E-state index contributed by atoms with van der Waals surface area (Å²) in [5, 5.41) is 0. The first-order valence-electron chi connectivity index (χ1n) is 10.4. The minimum atomic E-state index is -2.45. The quantitative estimate of drug-likeness (QED) is 0.122. The van der Waals surface area contributed by atoms with Crippen molar-refractivity contribution < 1.29 is 0 Å². The van der Waals surface area contributed by atoms with Crippen LogP contribution in [0, 0.1) is 0 Å². The van der Waals surface area contributed by atoms with E-state index in [1.807, 2.05) is 0 Å². The first-order chi connectivity index (χ1) is 11.3. The lowest BCUT2D eigenvalue weighted by molar-refractivity contribution is 0.614. The van der Waals surface area contributed by atoms with Gasteiger partial charge in [-0.25, -0.2) is 0 Å². The van der Waals surface area contributed by atoms with E-state index in [0.29, 0.717) is 0 Å². The van der Waals surface area contributed by atoms with E-state index >= 15 is 0 Å². The van der Waals surface area contributed by atoms with Crippen LogP contribution in [0.3, 0.4) is 0 Å². The molecule has 5 heteroatoms.